The standard InChI is InChI=1S/C22H19N5O2/c23-21(28)15-27-14-17(19-5-1-2-6-20(19)27)13-24-25-22(29)16-7-9-18(10-8-16)26-11-3-4-12-26/h1-14H,15H2,(H2,23,28)(H,25,29). The maximum absolute atomic E-state index is 12.3. The molecule has 7 nitrogen and oxygen atoms in total. The molecular weight excluding hydrogens is 366 g/mol. The van der Waals surface area contributed by atoms with Crippen LogP contribution in [0.3, 0.4) is 0 Å². The number of nitrogens with two attached hydrogens (primary N) is 1. The maximum Gasteiger partial charge on any atom is 0.271 e. The summed E-state index contributed by atoms with van der Waals surface area (Å²) in [7, 11) is 0. The van der Waals surface area contributed by atoms with Gasteiger partial charge < -0.3 is 14.9 Å². The van der Waals surface area contributed by atoms with Crippen molar-refractivity contribution in [1.82, 2.24) is 14.6 Å². The molecule has 0 aliphatic carbocycles. The number of nitrogens with zero attached hydrogens (tertiary/aromatic N) is 3. The lowest BCUT2D eigenvalue weighted by Crippen LogP contribution is -2.18. The van der Waals surface area contributed by atoms with Crippen LogP contribution in [0.5, 0.6) is 0 Å². The SMILES string of the molecule is NC(=O)Cn1cc(C=NNC(=O)c2ccc(-n3cccc3)cc2)c2ccccc21. The summed E-state index contributed by atoms with van der Waals surface area (Å²) >= 11 is 0. The van der Waals surface area contributed by atoms with E-state index in [2.05, 4.69) is 10.5 Å². The minimum absolute atomic E-state index is 0.0778. The smallest absolute Gasteiger partial charge is 0.271 e. The molecule has 7 heteroatoms. The highest BCUT2D eigenvalue weighted by molar-refractivity contribution is 6.01. The van der Waals surface area contributed by atoms with Gasteiger partial charge in [-0.1, -0.05) is 18.2 Å². The Morgan fingerprint density at radius 1 is 1.00 bits per heavy atom. The van der Waals surface area contributed by atoms with Gasteiger partial charge in [-0.25, -0.2) is 5.43 Å². The number of nitrogens with one attached hydrogen (secondary N) is 1. The van der Waals surface area contributed by atoms with Crippen LogP contribution in [-0.2, 0) is 11.3 Å². The number of aromatic nitrogens is 2. The van der Waals surface area contributed by atoms with Gasteiger partial charge in [0.1, 0.15) is 6.54 Å². The molecule has 144 valence electrons. The van der Waals surface area contributed by atoms with Crippen LogP contribution >= 0.6 is 0 Å². The lowest BCUT2D eigenvalue weighted by atomic mass is 10.2. The second-order valence-electron chi connectivity index (χ2n) is 6.53. The number of carbonyl (C=O) groups excluding carboxylic acids is 2. The fourth-order valence-electron chi connectivity index (χ4n) is 3.19. The van der Waals surface area contributed by atoms with Gasteiger partial charge in [0.05, 0.1) is 6.21 Å². The van der Waals surface area contributed by atoms with E-state index in [0.29, 0.717) is 5.56 Å². The van der Waals surface area contributed by atoms with Crippen molar-refractivity contribution in [2.24, 2.45) is 10.8 Å². The molecule has 0 saturated carbocycles. The van der Waals surface area contributed by atoms with E-state index in [0.717, 1.165) is 22.2 Å². The van der Waals surface area contributed by atoms with Crippen LogP contribution in [0.2, 0.25) is 0 Å². The minimum Gasteiger partial charge on any atom is -0.368 e. The Bertz CT molecular complexity index is 1190. The summed E-state index contributed by atoms with van der Waals surface area (Å²) < 4.78 is 3.72. The molecule has 0 atom stereocenters. The molecule has 0 fully saturated rings. The lowest BCUT2D eigenvalue weighted by molar-refractivity contribution is -0.118. The molecule has 2 aromatic carbocycles. The number of hydrazone groups is 1. The Morgan fingerprint density at radius 2 is 1.72 bits per heavy atom. The van der Waals surface area contributed by atoms with Gasteiger partial charge in [0.2, 0.25) is 5.91 Å². The molecule has 3 N–H and O–H groups in total. The van der Waals surface area contributed by atoms with Gasteiger partial charge in [-0.3, -0.25) is 9.59 Å². The predicted octanol–water partition coefficient (Wildman–Crippen LogP) is 2.68. The number of benzene rings is 2. The first-order valence-corrected chi connectivity index (χ1v) is 9.05. The average Bonchev–Trinajstić information content (AvgIpc) is 3.37. The molecule has 4 rings (SSSR count). The van der Waals surface area contributed by atoms with E-state index in [4.69, 9.17) is 5.73 Å². The number of rotatable bonds is 6. The molecule has 0 aliphatic rings. The normalized spacial score (nSPS) is 11.2. The summed E-state index contributed by atoms with van der Waals surface area (Å²) in [5, 5.41) is 4.99. The van der Waals surface area contributed by atoms with Gasteiger partial charge in [0.25, 0.3) is 5.91 Å². The van der Waals surface area contributed by atoms with E-state index in [1.165, 1.54) is 0 Å². The molecule has 0 aliphatic heterocycles. The van der Waals surface area contributed by atoms with Crippen molar-refractivity contribution in [3.05, 3.63) is 90.4 Å². The monoisotopic (exact) mass is 385 g/mol. The van der Waals surface area contributed by atoms with Crippen molar-refractivity contribution >= 4 is 28.9 Å². The zero-order chi connectivity index (χ0) is 20.2. The summed E-state index contributed by atoms with van der Waals surface area (Å²) in [4.78, 5) is 23.6. The number of para-hydroxylation sites is 1. The Balaban J connectivity index is 1.49. The van der Waals surface area contributed by atoms with Crippen LogP contribution in [-0.4, -0.2) is 27.2 Å². The van der Waals surface area contributed by atoms with Crippen LogP contribution in [0.1, 0.15) is 15.9 Å². The fourth-order valence-corrected chi connectivity index (χ4v) is 3.19. The van der Waals surface area contributed by atoms with Crippen molar-refractivity contribution < 1.29 is 9.59 Å². The first-order chi connectivity index (χ1) is 14.1. The predicted molar refractivity (Wildman–Crippen MR) is 112 cm³/mol. The molecule has 0 bridgehead atoms. The molecule has 0 radical (unpaired) electrons. The highest BCUT2D eigenvalue weighted by Crippen LogP contribution is 2.19. The topological polar surface area (TPSA) is 94.4 Å². The second kappa shape index (κ2) is 7.85. The van der Waals surface area contributed by atoms with E-state index in [1.54, 1.807) is 29.1 Å². The van der Waals surface area contributed by atoms with Crippen molar-refractivity contribution in [3.63, 3.8) is 0 Å². The molecule has 0 unspecified atom stereocenters. The highest BCUT2D eigenvalue weighted by atomic mass is 16.2. The highest BCUT2D eigenvalue weighted by Gasteiger charge is 2.09. The number of fused-ring (bicyclic) bond motifs is 1. The summed E-state index contributed by atoms with van der Waals surface area (Å²) in [5.74, 6) is -0.730. The van der Waals surface area contributed by atoms with Crippen molar-refractivity contribution in [2.75, 3.05) is 0 Å². The molecule has 0 spiro atoms. The third-order valence-corrected chi connectivity index (χ3v) is 4.55. The second-order valence-corrected chi connectivity index (χ2v) is 6.53. The van der Waals surface area contributed by atoms with Gasteiger partial charge in [-0.2, -0.15) is 5.10 Å². The number of amides is 2. The third-order valence-electron chi connectivity index (χ3n) is 4.55. The summed E-state index contributed by atoms with van der Waals surface area (Å²) in [6, 6.07) is 18.7. The van der Waals surface area contributed by atoms with Gasteiger partial charge in [0, 0.05) is 46.3 Å². The zero-order valence-corrected chi connectivity index (χ0v) is 15.5. The molecule has 2 heterocycles. The van der Waals surface area contributed by atoms with Crippen LogP contribution < -0.4 is 11.2 Å². The Hall–Kier alpha value is -4.13. The lowest BCUT2D eigenvalue weighted by Gasteiger charge is -2.04. The van der Waals surface area contributed by atoms with E-state index in [1.807, 2.05) is 65.5 Å². The molecule has 2 amide bonds. The van der Waals surface area contributed by atoms with E-state index in [9.17, 15) is 9.59 Å². The quantitative estimate of drug-likeness (QED) is 0.394. The van der Waals surface area contributed by atoms with Crippen LogP contribution in [0.4, 0.5) is 0 Å². The summed E-state index contributed by atoms with van der Waals surface area (Å²) in [5.41, 5.74) is 11.0. The minimum atomic E-state index is -0.425. The number of carbonyl (C=O) groups is 2. The maximum atomic E-state index is 12.3. The van der Waals surface area contributed by atoms with Gasteiger partial charge >= 0.3 is 0 Å². The van der Waals surface area contributed by atoms with E-state index >= 15 is 0 Å². The fraction of sp³-hybridized carbons (Fsp3) is 0.0455. The molecular formula is C22H19N5O2. The molecule has 2 aromatic heterocycles. The first kappa shape index (κ1) is 18.2. The van der Waals surface area contributed by atoms with Crippen LogP contribution in [0, 0.1) is 0 Å². The molecule has 0 saturated heterocycles. The summed E-state index contributed by atoms with van der Waals surface area (Å²) in [6.07, 6.45) is 7.23. The molecule has 29 heavy (non-hydrogen) atoms. The number of hydrogen-bond donors (Lipinski definition) is 2. The Kier molecular flexibility index (Phi) is 4.94. The third kappa shape index (κ3) is 3.93. The van der Waals surface area contributed by atoms with E-state index < -0.39 is 5.91 Å². The van der Waals surface area contributed by atoms with E-state index in [-0.39, 0.29) is 12.5 Å². The van der Waals surface area contributed by atoms with Gasteiger partial charge in [0.15, 0.2) is 0 Å². The van der Waals surface area contributed by atoms with Crippen molar-refractivity contribution in [2.45, 2.75) is 6.54 Å². The Morgan fingerprint density at radius 3 is 2.45 bits per heavy atom. The van der Waals surface area contributed by atoms with Crippen LogP contribution in [0.15, 0.2) is 84.4 Å². The first-order valence-electron chi connectivity index (χ1n) is 9.05. The average molecular weight is 385 g/mol. The van der Waals surface area contributed by atoms with Crippen LogP contribution in [0.25, 0.3) is 16.6 Å². The number of hydrogen-bond acceptors (Lipinski definition) is 3. The van der Waals surface area contributed by atoms with Gasteiger partial charge in [-0.15, -0.1) is 0 Å². The number of primary amides is 1. The van der Waals surface area contributed by atoms with Gasteiger partial charge in [-0.05, 0) is 42.5 Å². The summed E-state index contributed by atoms with van der Waals surface area (Å²) in [6.45, 7) is 0.0778. The zero-order valence-electron chi connectivity index (χ0n) is 15.5. The van der Waals surface area contributed by atoms with Crippen molar-refractivity contribution in [3.8, 4) is 5.69 Å². The molecule has 4 aromatic rings. The largest absolute Gasteiger partial charge is 0.368 e. The van der Waals surface area contributed by atoms with Crippen molar-refractivity contribution in [1.29, 1.82) is 0 Å². The Labute approximate surface area is 167 Å².